The van der Waals surface area contributed by atoms with Crippen LogP contribution in [0.4, 0.5) is 5.69 Å². The van der Waals surface area contributed by atoms with Crippen LogP contribution in [0.5, 0.6) is 0 Å². The van der Waals surface area contributed by atoms with Gasteiger partial charge in [-0.3, -0.25) is 9.52 Å². The number of anilines is 1. The Morgan fingerprint density at radius 2 is 1.68 bits per heavy atom. The normalized spacial score (nSPS) is 11.8. The monoisotopic (exact) mass is 425 g/mol. The highest BCUT2D eigenvalue weighted by molar-refractivity contribution is 7.92. The van der Waals surface area contributed by atoms with Gasteiger partial charge in [-0.05, 0) is 49.2 Å². The minimum atomic E-state index is -3.87. The van der Waals surface area contributed by atoms with E-state index in [4.69, 9.17) is 0 Å². The lowest BCUT2D eigenvalue weighted by Crippen LogP contribution is -2.34. The molecule has 3 N–H and O–H groups in total. The van der Waals surface area contributed by atoms with Gasteiger partial charge in [-0.15, -0.1) is 0 Å². The maximum atomic E-state index is 12.7. The Balaban J connectivity index is 2.16. The first-order valence-corrected chi connectivity index (χ1v) is 11.8. The number of hydrogen-bond donors (Lipinski definition) is 3. The summed E-state index contributed by atoms with van der Waals surface area (Å²) < 4.78 is 52.1. The van der Waals surface area contributed by atoms with Crippen molar-refractivity contribution in [2.45, 2.75) is 18.7 Å². The third-order valence-electron chi connectivity index (χ3n) is 3.81. The zero-order chi connectivity index (χ0) is 20.9. The zero-order valence-electron chi connectivity index (χ0n) is 15.8. The molecule has 0 saturated carbocycles. The highest BCUT2D eigenvalue weighted by Crippen LogP contribution is 2.20. The van der Waals surface area contributed by atoms with E-state index < -0.39 is 26.0 Å². The molecule has 0 unspecified atom stereocenters. The molecule has 0 saturated heterocycles. The summed E-state index contributed by atoms with van der Waals surface area (Å²) in [4.78, 5) is 12.3. The smallest absolute Gasteiger partial charge is 0.261 e. The van der Waals surface area contributed by atoms with Gasteiger partial charge in [0.05, 0.1) is 11.2 Å². The van der Waals surface area contributed by atoms with E-state index in [1.807, 2.05) is 13.0 Å². The molecule has 0 aliphatic rings. The summed E-state index contributed by atoms with van der Waals surface area (Å²) >= 11 is 0. The Labute approximate surface area is 165 Å². The van der Waals surface area contributed by atoms with E-state index >= 15 is 0 Å². The van der Waals surface area contributed by atoms with Crippen molar-refractivity contribution < 1.29 is 21.6 Å². The van der Waals surface area contributed by atoms with Gasteiger partial charge in [0.1, 0.15) is 0 Å². The molecular weight excluding hydrogens is 402 g/mol. The van der Waals surface area contributed by atoms with Crippen LogP contribution in [0.25, 0.3) is 0 Å². The van der Waals surface area contributed by atoms with Crippen LogP contribution in [0.3, 0.4) is 0 Å². The molecule has 2 aromatic carbocycles. The molecule has 0 bridgehead atoms. The van der Waals surface area contributed by atoms with Gasteiger partial charge in [-0.1, -0.05) is 18.2 Å². The lowest BCUT2D eigenvalue weighted by atomic mass is 10.1. The van der Waals surface area contributed by atoms with Crippen molar-refractivity contribution >= 4 is 31.6 Å². The van der Waals surface area contributed by atoms with Crippen LogP contribution in [0.1, 0.15) is 21.5 Å². The summed E-state index contributed by atoms with van der Waals surface area (Å²) in [7, 11) is -7.21. The average molecular weight is 426 g/mol. The van der Waals surface area contributed by atoms with Crippen molar-refractivity contribution in [2.75, 3.05) is 24.1 Å². The SMILES string of the molecule is Cc1cccc(NS(=O)(=O)c2ccc(C)c(C(=O)NCCNS(C)(=O)=O)c2)c1. The van der Waals surface area contributed by atoms with Gasteiger partial charge < -0.3 is 5.32 Å². The van der Waals surface area contributed by atoms with E-state index in [1.54, 1.807) is 31.2 Å². The molecule has 2 rings (SSSR count). The van der Waals surface area contributed by atoms with E-state index in [9.17, 15) is 21.6 Å². The van der Waals surface area contributed by atoms with Crippen molar-refractivity contribution in [2.24, 2.45) is 0 Å². The molecule has 0 heterocycles. The van der Waals surface area contributed by atoms with Crippen molar-refractivity contribution in [1.29, 1.82) is 0 Å². The Hall–Kier alpha value is -2.43. The molecule has 0 aromatic heterocycles. The number of hydrogen-bond acceptors (Lipinski definition) is 5. The molecule has 0 spiro atoms. The van der Waals surface area contributed by atoms with Gasteiger partial charge >= 0.3 is 0 Å². The van der Waals surface area contributed by atoms with Gasteiger partial charge in [0.25, 0.3) is 15.9 Å². The van der Waals surface area contributed by atoms with Crippen molar-refractivity contribution in [3.63, 3.8) is 0 Å². The molecule has 0 atom stereocenters. The Morgan fingerprint density at radius 3 is 2.32 bits per heavy atom. The number of carbonyl (C=O) groups excluding carboxylic acids is 1. The fourth-order valence-electron chi connectivity index (χ4n) is 2.44. The number of amides is 1. The van der Waals surface area contributed by atoms with Crippen LogP contribution in [0.15, 0.2) is 47.4 Å². The van der Waals surface area contributed by atoms with Crippen molar-refractivity contribution in [3.05, 3.63) is 59.2 Å². The first-order chi connectivity index (χ1) is 13.0. The van der Waals surface area contributed by atoms with E-state index in [2.05, 4.69) is 14.8 Å². The molecule has 0 aliphatic heterocycles. The van der Waals surface area contributed by atoms with E-state index in [-0.39, 0.29) is 23.5 Å². The van der Waals surface area contributed by atoms with Crippen LogP contribution < -0.4 is 14.8 Å². The number of aryl methyl sites for hydroxylation is 2. The first-order valence-electron chi connectivity index (χ1n) is 8.41. The molecule has 0 fully saturated rings. The highest BCUT2D eigenvalue weighted by Gasteiger charge is 2.18. The van der Waals surface area contributed by atoms with Crippen molar-refractivity contribution in [1.82, 2.24) is 10.0 Å². The molecule has 2 aromatic rings. The third kappa shape index (κ3) is 6.32. The predicted molar refractivity (Wildman–Crippen MR) is 108 cm³/mol. The summed E-state index contributed by atoms with van der Waals surface area (Å²) in [5.74, 6) is -0.486. The highest BCUT2D eigenvalue weighted by atomic mass is 32.2. The second-order valence-electron chi connectivity index (χ2n) is 6.37. The number of sulfonamides is 2. The van der Waals surface area contributed by atoms with Crippen LogP contribution in [0, 0.1) is 13.8 Å². The topological polar surface area (TPSA) is 121 Å². The molecule has 0 aliphatic carbocycles. The summed E-state index contributed by atoms with van der Waals surface area (Å²) in [6.45, 7) is 3.65. The minimum absolute atomic E-state index is 0.0382. The summed E-state index contributed by atoms with van der Waals surface area (Å²) in [6, 6.07) is 11.2. The largest absolute Gasteiger partial charge is 0.351 e. The van der Waals surface area contributed by atoms with Crippen LogP contribution in [0.2, 0.25) is 0 Å². The van der Waals surface area contributed by atoms with Gasteiger partial charge in [0, 0.05) is 24.3 Å². The lowest BCUT2D eigenvalue weighted by molar-refractivity contribution is 0.0953. The van der Waals surface area contributed by atoms with Crippen LogP contribution in [-0.2, 0) is 20.0 Å². The van der Waals surface area contributed by atoms with Crippen LogP contribution >= 0.6 is 0 Å². The zero-order valence-corrected chi connectivity index (χ0v) is 17.4. The summed E-state index contributed by atoms with van der Waals surface area (Å²) in [5.41, 5.74) is 2.14. The fraction of sp³-hybridized carbons (Fsp3) is 0.278. The molecular formula is C18H23N3O5S2. The molecule has 28 heavy (non-hydrogen) atoms. The Bertz CT molecular complexity index is 1080. The summed E-state index contributed by atoms with van der Waals surface area (Å²) in [6.07, 6.45) is 1.02. The summed E-state index contributed by atoms with van der Waals surface area (Å²) in [5, 5.41) is 2.57. The maximum Gasteiger partial charge on any atom is 0.261 e. The third-order valence-corrected chi connectivity index (χ3v) is 5.92. The number of benzene rings is 2. The van der Waals surface area contributed by atoms with Crippen molar-refractivity contribution in [3.8, 4) is 0 Å². The standard InChI is InChI=1S/C18H23N3O5S2/c1-13-5-4-6-15(11-13)21-28(25,26)16-8-7-14(2)17(12-16)18(22)19-9-10-20-27(3,23)24/h4-8,11-12,20-21H,9-10H2,1-3H3,(H,19,22). The van der Waals surface area contributed by atoms with Gasteiger partial charge in [-0.25, -0.2) is 21.6 Å². The lowest BCUT2D eigenvalue weighted by Gasteiger charge is -2.12. The van der Waals surface area contributed by atoms with Gasteiger partial charge in [0.2, 0.25) is 10.0 Å². The number of carbonyl (C=O) groups is 1. The van der Waals surface area contributed by atoms with Gasteiger partial charge in [-0.2, -0.15) is 0 Å². The molecule has 8 nitrogen and oxygen atoms in total. The predicted octanol–water partition coefficient (Wildman–Crippen LogP) is 1.38. The van der Waals surface area contributed by atoms with Crippen LogP contribution in [-0.4, -0.2) is 42.1 Å². The Morgan fingerprint density at radius 1 is 0.964 bits per heavy atom. The molecule has 0 radical (unpaired) electrons. The second-order valence-corrected chi connectivity index (χ2v) is 9.89. The fourth-order valence-corrected chi connectivity index (χ4v) is 3.99. The van der Waals surface area contributed by atoms with Gasteiger partial charge in [0.15, 0.2) is 0 Å². The number of rotatable bonds is 8. The minimum Gasteiger partial charge on any atom is -0.351 e. The van der Waals surface area contributed by atoms with E-state index in [0.717, 1.165) is 11.8 Å². The number of nitrogens with one attached hydrogen (secondary N) is 3. The Kier molecular flexibility index (Phi) is 6.81. The average Bonchev–Trinajstić information content (AvgIpc) is 2.57. The van der Waals surface area contributed by atoms with E-state index in [0.29, 0.717) is 11.3 Å². The maximum absolute atomic E-state index is 12.7. The second kappa shape index (κ2) is 8.72. The molecule has 152 valence electrons. The quantitative estimate of drug-likeness (QED) is 0.552. The van der Waals surface area contributed by atoms with E-state index in [1.165, 1.54) is 12.1 Å². The first kappa shape index (κ1) is 21.9. The molecule has 10 heteroatoms. The molecule has 1 amide bonds.